The largest absolute Gasteiger partial charge is 0.309 e. The van der Waals surface area contributed by atoms with Crippen LogP contribution in [0.5, 0.6) is 0 Å². The molecule has 0 amide bonds. The molecule has 11 rings (SSSR count). The van der Waals surface area contributed by atoms with E-state index in [0.29, 0.717) is 0 Å². The standard InChI is InChI=1S/C54H42N2/c1-53(2)44-23-12-8-19-38(44)43-34-36(29-31-46(43)53)56(51-28-16-25-47-52(51)41-22-9-13-24-45(41)54(47,3)4)50-32-30-37(33-42(50)35-17-6-5-7-18-35)55-48-26-14-10-20-39(48)40-21-11-15-27-49(40)55/h5-34H,1-4H3. The molecule has 0 saturated heterocycles. The van der Waals surface area contributed by atoms with Crippen molar-refractivity contribution in [2.75, 3.05) is 4.90 Å². The first-order valence-corrected chi connectivity index (χ1v) is 19.8. The third-order valence-electron chi connectivity index (χ3n) is 12.8. The summed E-state index contributed by atoms with van der Waals surface area (Å²) in [6, 6.07) is 67.6. The molecule has 2 aliphatic carbocycles. The normalized spacial score (nSPS) is 14.4. The summed E-state index contributed by atoms with van der Waals surface area (Å²) in [5, 5.41) is 2.52. The van der Waals surface area contributed by atoms with Crippen LogP contribution in [0, 0.1) is 0 Å². The highest BCUT2D eigenvalue weighted by Crippen LogP contribution is 2.56. The van der Waals surface area contributed by atoms with Crippen LogP contribution < -0.4 is 4.90 Å². The van der Waals surface area contributed by atoms with Gasteiger partial charge in [0.2, 0.25) is 0 Å². The van der Waals surface area contributed by atoms with E-state index in [-0.39, 0.29) is 10.8 Å². The Morgan fingerprint density at radius 1 is 0.393 bits per heavy atom. The van der Waals surface area contributed by atoms with Crippen molar-refractivity contribution in [3.63, 3.8) is 0 Å². The Hall–Kier alpha value is -6.64. The van der Waals surface area contributed by atoms with Crippen molar-refractivity contribution in [1.82, 2.24) is 4.57 Å². The van der Waals surface area contributed by atoms with Crippen LogP contribution in [0.1, 0.15) is 49.9 Å². The molecular formula is C54H42N2. The predicted octanol–water partition coefficient (Wildman–Crippen LogP) is 14.5. The number of nitrogens with zero attached hydrogens (tertiary/aromatic N) is 2. The lowest BCUT2D eigenvalue weighted by molar-refractivity contribution is 0.660. The molecule has 0 radical (unpaired) electrons. The molecule has 2 aliphatic rings. The van der Waals surface area contributed by atoms with Crippen LogP contribution in [0.15, 0.2) is 182 Å². The first-order valence-electron chi connectivity index (χ1n) is 19.8. The summed E-state index contributed by atoms with van der Waals surface area (Å²) in [4.78, 5) is 2.54. The quantitative estimate of drug-likeness (QED) is 0.172. The maximum absolute atomic E-state index is 2.54. The monoisotopic (exact) mass is 718 g/mol. The number of para-hydroxylation sites is 2. The third kappa shape index (κ3) is 4.56. The highest BCUT2D eigenvalue weighted by Gasteiger charge is 2.39. The number of anilines is 3. The molecule has 0 bridgehead atoms. The van der Waals surface area contributed by atoms with E-state index >= 15 is 0 Å². The zero-order chi connectivity index (χ0) is 37.8. The number of fused-ring (bicyclic) bond motifs is 9. The van der Waals surface area contributed by atoms with Crippen molar-refractivity contribution < 1.29 is 0 Å². The SMILES string of the molecule is CC1(C)c2ccccc2-c2cc(N(c3ccc(-n4c5ccccc5c5ccccc54)cc3-c3ccccc3)c3cccc4c3-c3ccccc3C4(C)C)ccc21. The lowest BCUT2D eigenvalue weighted by atomic mass is 9.82. The van der Waals surface area contributed by atoms with Crippen molar-refractivity contribution in [1.29, 1.82) is 0 Å². The smallest absolute Gasteiger partial charge is 0.0543 e. The van der Waals surface area contributed by atoms with Gasteiger partial charge in [0.05, 0.1) is 22.4 Å². The van der Waals surface area contributed by atoms with Gasteiger partial charge in [0.15, 0.2) is 0 Å². The maximum Gasteiger partial charge on any atom is 0.0543 e. The summed E-state index contributed by atoms with van der Waals surface area (Å²) in [5.41, 5.74) is 19.9. The van der Waals surface area contributed by atoms with Gasteiger partial charge in [-0.25, -0.2) is 0 Å². The molecule has 0 fully saturated rings. The summed E-state index contributed by atoms with van der Waals surface area (Å²) in [7, 11) is 0. The highest BCUT2D eigenvalue weighted by molar-refractivity contribution is 6.09. The number of rotatable bonds is 5. The molecule has 1 aromatic heterocycles. The van der Waals surface area contributed by atoms with Crippen molar-refractivity contribution in [3.8, 4) is 39.1 Å². The fourth-order valence-corrected chi connectivity index (χ4v) is 10.1. The summed E-state index contributed by atoms with van der Waals surface area (Å²) in [6.07, 6.45) is 0. The van der Waals surface area contributed by atoms with Crippen LogP contribution in [0.25, 0.3) is 60.9 Å². The average Bonchev–Trinajstić information content (AvgIpc) is 3.79. The Morgan fingerprint density at radius 3 is 1.70 bits per heavy atom. The van der Waals surface area contributed by atoms with Gasteiger partial charge < -0.3 is 9.47 Å². The summed E-state index contributed by atoms with van der Waals surface area (Å²) < 4.78 is 2.43. The van der Waals surface area contributed by atoms with E-state index in [2.05, 4.69) is 219 Å². The minimum absolute atomic E-state index is 0.0780. The molecule has 268 valence electrons. The van der Waals surface area contributed by atoms with E-state index in [1.807, 2.05) is 0 Å². The molecule has 2 nitrogen and oxygen atoms in total. The molecule has 2 heteroatoms. The van der Waals surface area contributed by atoms with Gasteiger partial charge in [-0.3, -0.25) is 0 Å². The van der Waals surface area contributed by atoms with Gasteiger partial charge in [-0.15, -0.1) is 0 Å². The molecule has 56 heavy (non-hydrogen) atoms. The van der Waals surface area contributed by atoms with Crippen molar-refractivity contribution in [2.45, 2.75) is 38.5 Å². The Bertz CT molecular complexity index is 2980. The fraction of sp³-hybridized carbons (Fsp3) is 0.111. The number of benzene rings is 8. The number of aromatic nitrogens is 1. The minimum Gasteiger partial charge on any atom is -0.309 e. The molecular weight excluding hydrogens is 677 g/mol. The summed E-state index contributed by atoms with van der Waals surface area (Å²) in [6.45, 7) is 9.46. The topological polar surface area (TPSA) is 8.17 Å². The highest BCUT2D eigenvalue weighted by atomic mass is 15.1. The van der Waals surface area contributed by atoms with E-state index in [0.717, 1.165) is 17.1 Å². The van der Waals surface area contributed by atoms with Gasteiger partial charge >= 0.3 is 0 Å². The Morgan fingerprint density at radius 2 is 0.964 bits per heavy atom. The van der Waals surface area contributed by atoms with Gasteiger partial charge in [0, 0.05) is 44.1 Å². The number of hydrogen-bond acceptors (Lipinski definition) is 1. The first kappa shape index (κ1) is 32.8. The van der Waals surface area contributed by atoms with E-state index in [9.17, 15) is 0 Å². The van der Waals surface area contributed by atoms with Gasteiger partial charge in [-0.05, 0) is 93.0 Å². The van der Waals surface area contributed by atoms with Crippen LogP contribution in [-0.2, 0) is 10.8 Å². The van der Waals surface area contributed by atoms with Gasteiger partial charge in [-0.2, -0.15) is 0 Å². The van der Waals surface area contributed by atoms with E-state index < -0.39 is 0 Å². The van der Waals surface area contributed by atoms with Crippen LogP contribution in [0.2, 0.25) is 0 Å². The predicted molar refractivity (Wildman–Crippen MR) is 236 cm³/mol. The van der Waals surface area contributed by atoms with Crippen LogP contribution >= 0.6 is 0 Å². The molecule has 0 spiro atoms. The lowest BCUT2D eigenvalue weighted by Gasteiger charge is -2.31. The third-order valence-corrected chi connectivity index (χ3v) is 12.8. The van der Waals surface area contributed by atoms with E-state index in [1.165, 1.54) is 83.1 Å². The van der Waals surface area contributed by atoms with Crippen LogP contribution in [-0.4, -0.2) is 4.57 Å². The van der Waals surface area contributed by atoms with Gasteiger partial charge in [0.25, 0.3) is 0 Å². The second kappa shape index (κ2) is 11.9. The molecule has 0 unspecified atom stereocenters. The van der Waals surface area contributed by atoms with Crippen molar-refractivity contribution >= 4 is 38.9 Å². The molecule has 0 saturated carbocycles. The van der Waals surface area contributed by atoms with E-state index in [4.69, 9.17) is 0 Å². The molecule has 0 aliphatic heterocycles. The maximum atomic E-state index is 2.54. The van der Waals surface area contributed by atoms with Crippen LogP contribution in [0.4, 0.5) is 17.1 Å². The Balaban J connectivity index is 1.22. The molecule has 8 aromatic carbocycles. The molecule has 1 heterocycles. The number of hydrogen-bond donors (Lipinski definition) is 0. The first-order chi connectivity index (χ1) is 27.3. The van der Waals surface area contributed by atoms with Crippen molar-refractivity contribution in [2.24, 2.45) is 0 Å². The zero-order valence-electron chi connectivity index (χ0n) is 32.2. The fourth-order valence-electron chi connectivity index (χ4n) is 10.1. The summed E-state index contributed by atoms with van der Waals surface area (Å²) >= 11 is 0. The second-order valence-electron chi connectivity index (χ2n) is 16.5. The van der Waals surface area contributed by atoms with Crippen LogP contribution in [0.3, 0.4) is 0 Å². The second-order valence-corrected chi connectivity index (χ2v) is 16.5. The van der Waals surface area contributed by atoms with Gasteiger partial charge in [-0.1, -0.05) is 161 Å². The summed E-state index contributed by atoms with van der Waals surface area (Å²) in [5.74, 6) is 0. The average molecular weight is 719 g/mol. The Kier molecular flexibility index (Phi) is 6.98. The van der Waals surface area contributed by atoms with Gasteiger partial charge in [0.1, 0.15) is 0 Å². The van der Waals surface area contributed by atoms with E-state index in [1.54, 1.807) is 0 Å². The lowest BCUT2D eigenvalue weighted by Crippen LogP contribution is -2.17. The molecule has 9 aromatic rings. The van der Waals surface area contributed by atoms with Crippen molar-refractivity contribution in [3.05, 3.63) is 204 Å². The molecule has 0 atom stereocenters. The minimum atomic E-state index is -0.128. The zero-order valence-corrected chi connectivity index (χ0v) is 32.2. The Labute approximate surface area is 328 Å². The molecule has 0 N–H and O–H groups in total.